The van der Waals surface area contributed by atoms with Crippen LogP contribution >= 0.6 is 23.2 Å². The maximum Gasteiger partial charge on any atom is 0.124 e. The maximum absolute atomic E-state index is 8.73. The van der Waals surface area contributed by atoms with Crippen LogP contribution in [0.5, 0.6) is 5.75 Å². The van der Waals surface area contributed by atoms with Crippen LogP contribution in [-0.4, -0.2) is 45.0 Å². The van der Waals surface area contributed by atoms with Crippen molar-refractivity contribution in [1.29, 1.82) is 5.41 Å². The van der Waals surface area contributed by atoms with Crippen molar-refractivity contribution in [1.82, 2.24) is 19.7 Å². The molecule has 7 nitrogen and oxygen atoms in total. The lowest BCUT2D eigenvalue weighted by Crippen LogP contribution is -2.21. The van der Waals surface area contributed by atoms with Gasteiger partial charge in [-0.1, -0.05) is 30.1 Å². The summed E-state index contributed by atoms with van der Waals surface area (Å²) in [7, 11) is 0. The average Bonchev–Trinajstić information content (AvgIpc) is 3.44. The number of likely N-dealkylation sites (tertiary alicyclic amines) is 1. The van der Waals surface area contributed by atoms with E-state index in [1.165, 1.54) is 12.4 Å². The summed E-state index contributed by atoms with van der Waals surface area (Å²) in [5, 5.41) is 14.1. The molecule has 2 aromatic heterocycles. The molecule has 0 radical (unpaired) electrons. The number of hydrogen-bond donors (Lipinski definition) is 2. The lowest BCUT2D eigenvalue weighted by Gasteiger charge is -2.18. The van der Waals surface area contributed by atoms with E-state index in [4.69, 9.17) is 39.1 Å². The number of hydrogen-bond acceptors (Lipinski definition) is 6. The predicted molar refractivity (Wildman–Crippen MR) is 128 cm³/mol. The van der Waals surface area contributed by atoms with Gasteiger partial charge in [0.05, 0.1) is 28.0 Å². The summed E-state index contributed by atoms with van der Waals surface area (Å²) in [5.41, 5.74) is 8.97. The Hall–Kier alpha value is -2.61. The SMILES string of the molecule is CCN1CC[C@@H](n2cc(C(=N)c3cc(O[C@H](C)c4c(Cl)cncc4Cl)ccc3N)cn2)C1. The van der Waals surface area contributed by atoms with Crippen molar-refractivity contribution in [3.8, 4) is 5.75 Å². The molecule has 0 saturated carbocycles. The van der Waals surface area contributed by atoms with E-state index < -0.39 is 6.10 Å². The summed E-state index contributed by atoms with van der Waals surface area (Å²) < 4.78 is 8.04. The summed E-state index contributed by atoms with van der Waals surface area (Å²) in [4.78, 5) is 6.38. The van der Waals surface area contributed by atoms with E-state index in [-0.39, 0.29) is 0 Å². The molecule has 1 fully saturated rings. The van der Waals surface area contributed by atoms with E-state index in [9.17, 15) is 0 Å². The van der Waals surface area contributed by atoms with Gasteiger partial charge in [-0.3, -0.25) is 15.1 Å². The Labute approximate surface area is 197 Å². The molecule has 0 unspecified atom stereocenters. The van der Waals surface area contributed by atoms with Crippen LogP contribution in [-0.2, 0) is 0 Å². The van der Waals surface area contributed by atoms with Gasteiger partial charge in [-0.25, -0.2) is 0 Å². The van der Waals surface area contributed by atoms with Gasteiger partial charge in [-0.05, 0) is 38.1 Å². The van der Waals surface area contributed by atoms with E-state index in [1.54, 1.807) is 24.4 Å². The van der Waals surface area contributed by atoms with Gasteiger partial charge in [0.25, 0.3) is 0 Å². The molecular formula is C23H26Cl2N6O. The van der Waals surface area contributed by atoms with Gasteiger partial charge >= 0.3 is 0 Å². The van der Waals surface area contributed by atoms with Gasteiger partial charge in [-0.2, -0.15) is 5.10 Å². The van der Waals surface area contributed by atoms with Crippen molar-refractivity contribution in [2.75, 3.05) is 25.4 Å². The minimum atomic E-state index is -0.407. The number of halogens is 2. The first-order chi connectivity index (χ1) is 15.4. The van der Waals surface area contributed by atoms with Gasteiger partial charge in [0.2, 0.25) is 0 Å². The molecular weight excluding hydrogens is 447 g/mol. The number of nitrogens with one attached hydrogen (secondary N) is 1. The number of aromatic nitrogens is 3. The van der Waals surface area contributed by atoms with Crippen LogP contribution in [0.4, 0.5) is 5.69 Å². The summed E-state index contributed by atoms with van der Waals surface area (Å²) in [5.74, 6) is 0.567. The van der Waals surface area contributed by atoms with Crippen LogP contribution < -0.4 is 10.5 Å². The second kappa shape index (κ2) is 9.48. The standard InChI is InChI=1S/C23H26Cl2N6O/c1-3-30-7-6-16(13-30)31-12-15(9-29-31)23(27)18-8-17(4-5-21(18)26)32-14(2)22-19(24)10-28-11-20(22)25/h4-5,8-12,14,16,27H,3,6-7,13,26H2,1-2H3/t14-,16-/m1/s1. The molecule has 32 heavy (non-hydrogen) atoms. The Morgan fingerprint density at radius 3 is 2.72 bits per heavy atom. The third kappa shape index (κ3) is 4.60. The highest BCUT2D eigenvalue weighted by Gasteiger charge is 2.24. The summed E-state index contributed by atoms with van der Waals surface area (Å²) in [6.07, 6.45) is 7.38. The molecule has 3 heterocycles. The van der Waals surface area contributed by atoms with Crippen LogP contribution in [0.1, 0.15) is 49.1 Å². The Balaban J connectivity index is 1.53. The molecule has 1 aliphatic heterocycles. The van der Waals surface area contributed by atoms with Crippen LogP contribution in [0.15, 0.2) is 43.0 Å². The molecule has 3 aromatic rings. The monoisotopic (exact) mass is 472 g/mol. The van der Waals surface area contributed by atoms with Crippen molar-refractivity contribution in [2.45, 2.75) is 32.4 Å². The fraction of sp³-hybridized carbons (Fsp3) is 0.348. The second-order valence-corrected chi connectivity index (χ2v) is 8.76. The maximum atomic E-state index is 8.73. The lowest BCUT2D eigenvalue weighted by atomic mass is 10.0. The quantitative estimate of drug-likeness (QED) is 0.373. The highest BCUT2D eigenvalue weighted by atomic mass is 35.5. The highest BCUT2D eigenvalue weighted by molar-refractivity contribution is 6.35. The number of rotatable bonds is 7. The molecule has 0 amide bonds. The summed E-state index contributed by atoms with van der Waals surface area (Å²) >= 11 is 12.5. The molecule has 9 heteroatoms. The second-order valence-electron chi connectivity index (χ2n) is 7.95. The zero-order valence-electron chi connectivity index (χ0n) is 18.1. The third-order valence-corrected chi connectivity index (χ3v) is 6.47. The molecule has 0 spiro atoms. The van der Waals surface area contributed by atoms with Crippen LogP contribution in [0, 0.1) is 5.41 Å². The molecule has 0 aliphatic carbocycles. The molecule has 4 rings (SSSR count). The van der Waals surface area contributed by atoms with Gasteiger partial charge in [-0.15, -0.1) is 0 Å². The first kappa shape index (κ1) is 22.6. The van der Waals surface area contributed by atoms with Crippen LogP contribution in [0.3, 0.4) is 0 Å². The van der Waals surface area contributed by atoms with Gasteiger partial charge in [0.15, 0.2) is 0 Å². The number of nitrogens with two attached hydrogens (primary N) is 1. The van der Waals surface area contributed by atoms with Crippen molar-refractivity contribution in [3.63, 3.8) is 0 Å². The Morgan fingerprint density at radius 2 is 2.03 bits per heavy atom. The Kier molecular flexibility index (Phi) is 6.69. The van der Waals surface area contributed by atoms with Gasteiger partial charge in [0, 0.05) is 54.1 Å². The van der Waals surface area contributed by atoms with Crippen molar-refractivity contribution < 1.29 is 4.74 Å². The topological polar surface area (TPSA) is 93.0 Å². The molecule has 2 atom stereocenters. The first-order valence-electron chi connectivity index (χ1n) is 10.6. The number of benzene rings is 1. The number of nitrogens with zero attached hydrogens (tertiary/aromatic N) is 4. The van der Waals surface area contributed by atoms with Crippen molar-refractivity contribution in [3.05, 3.63) is 69.7 Å². The molecule has 168 valence electrons. The predicted octanol–water partition coefficient (Wildman–Crippen LogP) is 4.99. The van der Waals surface area contributed by atoms with E-state index in [0.717, 1.165) is 31.6 Å². The molecule has 0 bridgehead atoms. The minimum Gasteiger partial charge on any atom is -0.486 e. The normalized spacial score (nSPS) is 17.4. The molecule has 1 aliphatic rings. The van der Waals surface area contributed by atoms with E-state index in [1.807, 2.05) is 17.8 Å². The van der Waals surface area contributed by atoms with Gasteiger partial charge < -0.3 is 15.4 Å². The third-order valence-electron chi connectivity index (χ3n) is 5.86. The number of ether oxygens (including phenoxy) is 1. The van der Waals surface area contributed by atoms with Gasteiger partial charge in [0.1, 0.15) is 11.9 Å². The number of nitrogen functional groups attached to an aromatic ring is 1. The van der Waals surface area contributed by atoms with Crippen molar-refractivity contribution >= 4 is 34.6 Å². The zero-order chi connectivity index (χ0) is 22.8. The number of likely N-dealkylation sites (N-methyl/N-ethyl adjacent to an activating group) is 1. The highest BCUT2D eigenvalue weighted by Crippen LogP contribution is 2.33. The van der Waals surface area contributed by atoms with E-state index >= 15 is 0 Å². The largest absolute Gasteiger partial charge is 0.486 e. The summed E-state index contributed by atoms with van der Waals surface area (Å²) in [6, 6.07) is 5.61. The molecule has 1 aromatic carbocycles. The smallest absolute Gasteiger partial charge is 0.124 e. The Morgan fingerprint density at radius 1 is 1.28 bits per heavy atom. The fourth-order valence-corrected chi connectivity index (χ4v) is 4.71. The van der Waals surface area contributed by atoms with Crippen molar-refractivity contribution in [2.24, 2.45) is 0 Å². The van der Waals surface area contributed by atoms with Crippen LogP contribution in [0.2, 0.25) is 10.0 Å². The average molecular weight is 473 g/mol. The molecule has 1 saturated heterocycles. The summed E-state index contributed by atoms with van der Waals surface area (Å²) in [6.45, 7) is 7.12. The molecule has 3 N–H and O–H groups in total. The fourth-order valence-electron chi connectivity index (χ4n) is 4.04. The van der Waals surface area contributed by atoms with Crippen LogP contribution in [0.25, 0.3) is 0 Å². The van der Waals surface area contributed by atoms with E-state index in [2.05, 4.69) is 21.9 Å². The number of pyridine rings is 1. The zero-order valence-corrected chi connectivity index (χ0v) is 19.6. The lowest BCUT2D eigenvalue weighted by molar-refractivity contribution is 0.227. The first-order valence-corrected chi connectivity index (χ1v) is 11.3. The van der Waals surface area contributed by atoms with E-state index in [0.29, 0.717) is 44.4 Å². The minimum absolute atomic E-state index is 0.303. The Bertz CT molecular complexity index is 1110. The number of anilines is 1.